The Labute approximate surface area is 66.1 Å². The third-order valence-electron chi connectivity index (χ3n) is 0.599. The number of carbonyl (C=O) groups is 2. The summed E-state index contributed by atoms with van der Waals surface area (Å²) in [6.07, 6.45) is 0. The number of ether oxygens (including phenoxy) is 1. The van der Waals surface area contributed by atoms with Crippen LogP contribution in [0.25, 0.3) is 0 Å². The molecular weight excluding hydrogens is 237 g/mol. The first-order chi connectivity index (χ1) is 4.16. The number of carbonyl (C=O) groups excluding carboxylic acids is 2. The van der Waals surface area contributed by atoms with Crippen LogP contribution in [0.2, 0.25) is 0 Å². The van der Waals surface area contributed by atoms with Crippen LogP contribution in [0.4, 0.5) is 4.79 Å². The number of halogens is 1. The molecule has 0 atom stereocenters. The summed E-state index contributed by atoms with van der Waals surface area (Å²) in [7, 11) is 1.27. The maximum atomic E-state index is 10.3. The average Bonchev–Trinajstić information content (AvgIpc) is 1.83. The molecule has 0 unspecified atom stereocenters. The van der Waals surface area contributed by atoms with Gasteiger partial charge in [0.05, 0.1) is 7.11 Å². The molecule has 0 bridgehead atoms. The van der Waals surface area contributed by atoms with Gasteiger partial charge in [0.15, 0.2) is 0 Å². The summed E-state index contributed by atoms with van der Waals surface area (Å²) >= 11 is 1.53. The summed E-state index contributed by atoms with van der Waals surface area (Å²) in [4.78, 5) is 20.4. The first-order valence-corrected chi connectivity index (χ1v) is 3.25. The summed E-state index contributed by atoms with van der Waals surface area (Å²) in [5.41, 5.74) is 0. The van der Waals surface area contributed by atoms with E-state index >= 15 is 0 Å². The van der Waals surface area contributed by atoms with Crippen molar-refractivity contribution in [3.05, 3.63) is 0 Å². The molecule has 0 fully saturated rings. The predicted molar refractivity (Wildman–Crippen MR) is 39.4 cm³/mol. The van der Waals surface area contributed by atoms with E-state index in [4.69, 9.17) is 0 Å². The first kappa shape index (κ1) is 8.67. The Bertz CT molecular complexity index is 125. The molecule has 1 amide bonds. The summed E-state index contributed by atoms with van der Waals surface area (Å²) < 4.78 is 3.98. The number of methoxy groups -OCH3 is 1. The normalized spacial score (nSPS) is 8.22. The predicted octanol–water partition coefficient (Wildman–Crippen LogP) is 0.304. The van der Waals surface area contributed by atoms with E-state index in [0.717, 1.165) is 0 Å². The Kier molecular flexibility index (Phi) is 4.37. The lowest BCUT2D eigenvalue weighted by Gasteiger charge is -1.96. The van der Waals surface area contributed by atoms with Crippen molar-refractivity contribution < 1.29 is 14.3 Å². The zero-order chi connectivity index (χ0) is 7.28. The second-order valence-electron chi connectivity index (χ2n) is 1.20. The maximum absolute atomic E-state index is 10.3. The van der Waals surface area contributed by atoms with Gasteiger partial charge in [-0.15, -0.1) is 0 Å². The number of esters is 1. The molecule has 4 nitrogen and oxygen atoms in total. The van der Waals surface area contributed by atoms with Crippen LogP contribution >= 0.6 is 22.6 Å². The fraction of sp³-hybridized carbons (Fsp3) is 0.500. The van der Waals surface area contributed by atoms with Gasteiger partial charge in [-0.05, 0) is 0 Å². The highest BCUT2D eigenvalue weighted by atomic mass is 127. The average molecular weight is 243 g/mol. The van der Waals surface area contributed by atoms with Gasteiger partial charge in [0.25, 0.3) is 3.91 Å². The molecule has 0 heterocycles. The Morgan fingerprint density at radius 2 is 2.22 bits per heavy atom. The molecule has 0 saturated heterocycles. The number of amides is 1. The van der Waals surface area contributed by atoms with E-state index in [0.29, 0.717) is 0 Å². The fourth-order valence-corrected chi connectivity index (χ4v) is 0.405. The Hall–Kier alpha value is -0.330. The first-order valence-electron chi connectivity index (χ1n) is 2.17. The number of hydrogen-bond acceptors (Lipinski definition) is 3. The zero-order valence-corrected chi connectivity index (χ0v) is 6.97. The quantitative estimate of drug-likeness (QED) is 0.328. The van der Waals surface area contributed by atoms with Crippen LogP contribution in [0.5, 0.6) is 0 Å². The lowest BCUT2D eigenvalue weighted by atomic mass is 10.7. The van der Waals surface area contributed by atoms with Crippen molar-refractivity contribution in [1.29, 1.82) is 0 Å². The highest BCUT2D eigenvalue weighted by Gasteiger charge is 1.99. The van der Waals surface area contributed by atoms with Gasteiger partial charge >= 0.3 is 5.97 Å². The van der Waals surface area contributed by atoms with Gasteiger partial charge < -0.3 is 10.1 Å². The molecule has 0 aromatic heterocycles. The van der Waals surface area contributed by atoms with E-state index < -0.39 is 5.97 Å². The fourth-order valence-electron chi connectivity index (χ4n) is 0.214. The highest BCUT2D eigenvalue weighted by molar-refractivity contribution is 14.1. The van der Waals surface area contributed by atoms with Gasteiger partial charge in [-0.25, -0.2) is 0 Å². The summed E-state index contributed by atoms with van der Waals surface area (Å²) in [6, 6.07) is 0. The standard InChI is InChI=1S/C4H6INO3/c1-9-3(7)2-6-4(5)8/h2H2,1H3,(H,6,8). The molecule has 0 spiro atoms. The smallest absolute Gasteiger partial charge is 0.325 e. The minimum Gasteiger partial charge on any atom is -0.468 e. The van der Waals surface area contributed by atoms with Gasteiger partial charge in [0.1, 0.15) is 6.54 Å². The lowest BCUT2D eigenvalue weighted by Crippen LogP contribution is -2.25. The molecule has 9 heavy (non-hydrogen) atoms. The molecule has 0 aliphatic heterocycles. The summed E-state index contributed by atoms with van der Waals surface area (Å²) in [6.45, 7) is -0.0573. The van der Waals surface area contributed by atoms with Crippen LogP contribution in [0.1, 0.15) is 0 Å². The van der Waals surface area contributed by atoms with E-state index in [1.165, 1.54) is 29.7 Å². The molecule has 52 valence electrons. The zero-order valence-electron chi connectivity index (χ0n) is 4.81. The molecule has 0 radical (unpaired) electrons. The summed E-state index contributed by atoms with van der Waals surface area (Å²) in [5, 5.41) is 2.27. The highest BCUT2D eigenvalue weighted by Crippen LogP contribution is 1.81. The number of hydrogen-bond donors (Lipinski definition) is 1. The Morgan fingerprint density at radius 3 is 2.56 bits per heavy atom. The van der Waals surface area contributed by atoms with Crippen molar-refractivity contribution in [3.63, 3.8) is 0 Å². The molecular formula is C4H6INO3. The molecule has 0 saturated carbocycles. The second-order valence-corrected chi connectivity index (χ2v) is 2.18. The molecule has 0 aromatic rings. The molecule has 5 heteroatoms. The number of rotatable bonds is 2. The lowest BCUT2D eigenvalue weighted by molar-refractivity contribution is -0.139. The van der Waals surface area contributed by atoms with E-state index in [-0.39, 0.29) is 10.5 Å². The van der Waals surface area contributed by atoms with Gasteiger partial charge in [0.2, 0.25) is 0 Å². The molecule has 0 aromatic carbocycles. The van der Waals surface area contributed by atoms with Crippen molar-refractivity contribution in [2.45, 2.75) is 0 Å². The van der Waals surface area contributed by atoms with Gasteiger partial charge in [-0.3, -0.25) is 9.59 Å². The number of nitrogens with one attached hydrogen (secondary N) is 1. The summed E-state index contributed by atoms with van der Waals surface area (Å²) in [5.74, 6) is -0.444. The largest absolute Gasteiger partial charge is 0.468 e. The van der Waals surface area contributed by atoms with Gasteiger partial charge in [0, 0.05) is 22.6 Å². The second kappa shape index (κ2) is 4.54. The molecule has 0 rings (SSSR count). The van der Waals surface area contributed by atoms with Crippen molar-refractivity contribution >= 4 is 32.5 Å². The van der Waals surface area contributed by atoms with Crippen molar-refractivity contribution in [2.75, 3.05) is 13.7 Å². The van der Waals surface area contributed by atoms with Crippen LogP contribution in [0.15, 0.2) is 0 Å². The van der Waals surface area contributed by atoms with E-state index in [1.807, 2.05) is 0 Å². The monoisotopic (exact) mass is 243 g/mol. The van der Waals surface area contributed by atoms with Crippen molar-refractivity contribution in [3.8, 4) is 0 Å². The third-order valence-corrected chi connectivity index (χ3v) is 0.981. The molecule has 0 aliphatic carbocycles. The van der Waals surface area contributed by atoms with E-state index in [2.05, 4.69) is 10.1 Å². The van der Waals surface area contributed by atoms with E-state index in [9.17, 15) is 9.59 Å². The van der Waals surface area contributed by atoms with E-state index in [1.54, 1.807) is 0 Å². The minimum atomic E-state index is -0.444. The third kappa shape index (κ3) is 5.54. The van der Waals surface area contributed by atoms with Crippen LogP contribution in [0.3, 0.4) is 0 Å². The van der Waals surface area contributed by atoms with Gasteiger partial charge in [-0.2, -0.15) is 0 Å². The Balaban J connectivity index is 3.28. The molecule has 0 aliphatic rings. The maximum Gasteiger partial charge on any atom is 0.325 e. The van der Waals surface area contributed by atoms with Crippen LogP contribution in [-0.4, -0.2) is 23.5 Å². The molecule has 1 N–H and O–H groups in total. The van der Waals surface area contributed by atoms with Crippen molar-refractivity contribution in [2.24, 2.45) is 0 Å². The van der Waals surface area contributed by atoms with Crippen molar-refractivity contribution in [1.82, 2.24) is 5.32 Å². The minimum absolute atomic E-state index is 0.0573. The van der Waals surface area contributed by atoms with Crippen LogP contribution < -0.4 is 5.32 Å². The topological polar surface area (TPSA) is 55.4 Å². The Morgan fingerprint density at radius 1 is 1.67 bits per heavy atom. The SMILES string of the molecule is COC(=O)CNC(=O)I. The van der Waals surface area contributed by atoms with Crippen LogP contribution in [0, 0.1) is 0 Å². The van der Waals surface area contributed by atoms with Crippen LogP contribution in [-0.2, 0) is 9.53 Å². The van der Waals surface area contributed by atoms with Gasteiger partial charge in [-0.1, -0.05) is 0 Å².